The second-order valence-electron chi connectivity index (χ2n) is 2.92. The van der Waals surface area contributed by atoms with Gasteiger partial charge < -0.3 is 0 Å². The average molecular weight is 125 g/mol. The Bertz CT molecular complexity index is 80.0. The molecule has 0 bridgehead atoms. The molecule has 0 fully saturated rings. The summed E-state index contributed by atoms with van der Waals surface area (Å²) in [6, 6.07) is 0. The van der Waals surface area contributed by atoms with E-state index in [1.54, 1.807) is 0 Å². The van der Waals surface area contributed by atoms with Gasteiger partial charge in [0.15, 0.2) is 0 Å². The molecule has 0 spiro atoms. The molecule has 0 aromatic carbocycles. The summed E-state index contributed by atoms with van der Waals surface area (Å²) < 4.78 is 0. The highest BCUT2D eigenvalue weighted by Gasteiger charge is 2.03. The lowest BCUT2D eigenvalue weighted by Gasteiger charge is -2.11. The first-order valence-electron chi connectivity index (χ1n) is 3.69. The van der Waals surface area contributed by atoms with E-state index in [9.17, 15) is 0 Å². The number of hydrogen-bond donors (Lipinski definition) is 0. The first kappa shape index (κ1) is 8.74. The molecule has 1 unspecified atom stereocenters. The van der Waals surface area contributed by atoms with Crippen LogP contribution in [0.25, 0.3) is 0 Å². The van der Waals surface area contributed by atoms with Crippen LogP contribution in [0.5, 0.6) is 0 Å². The van der Waals surface area contributed by atoms with Crippen molar-refractivity contribution >= 4 is 0 Å². The third-order valence-electron chi connectivity index (χ3n) is 1.78. The van der Waals surface area contributed by atoms with E-state index in [1.165, 1.54) is 0 Å². The van der Waals surface area contributed by atoms with Crippen molar-refractivity contribution in [3.8, 4) is 0 Å². The van der Waals surface area contributed by atoms with Crippen molar-refractivity contribution in [2.75, 3.05) is 0 Å². The fraction of sp³-hybridized carbons (Fsp3) is 0.778. The summed E-state index contributed by atoms with van der Waals surface area (Å²) in [4.78, 5) is 0. The maximum absolute atomic E-state index is 3.20. The molecular weight excluding hydrogens is 108 g/mol. The summed E-state index contributed by atoms with van der Waals surface area (Å²) in [5.41, 5.74) is 0. The van der Waals surface area contributed by atoms with Gasteiger partial charge in [-0.25, -0.2) is 0 Å². The van der Waals surface area contributed by atoms with Gasteiger partial charge in [-0.1, -0.05) is 26.8 Å². The van der Waals surface area contributed by atoms with Crippen LogP contribution in [0, 0.1) is 17.9 Å². The lowest BCUT2D eigenvalue weighted by Crippen LogP contribution is -2.01. The summed E-state index contributed by atoms with van der Waals surface area (Å²) in [7, 11) is 0. The summed E-state index contributed by atoms with van der Waals surface area (Å²) >= 11 is 0. The standard InChI is InChI=1S/C9H17/c1-5-6-7-9(4)8(2)3/h5,8-9H,7H2,1-4H3. The smallest absolute Gasteiger partial charge is 0.0251 e. The van der Waals surface area contributed by atoms with Crippen LogP contribution in [0.1, 0.15) is 34.1 Å². The van der Waals surface area contributed by atoms with Crippen LogP contribution < -0.4 is 0 Å². The molecule has 0 nitrogen and oxygen atoms in total. The second-order valence-corrected chi connectivity index (χ2v) is 2.92. The number of allylic oxidation sites excluding steroid dienone is 2. The highest BCUT2D eigenvalue weighted by atomic mass is 14.1. The van der Waals surface area contributed by atoms with Crippen molar-refractivity contribution in [1.82, 2.24) is 0 Å². The van der Waals surface area contributed by atoms with Gasteiger partial charge in [-0.15, -0.1) is 0 Å². The third kappa shape index (κ3) is 4.26. The molecule has 0 rings (SSSR count). The second kappa shape index (κ2) is 4.60. The Morgan fingerprint density at radius 1 is 1.33 bits per heavy atom. The van der Waals surface area contributed by atoms with Crippen LogP contribution in [0.2, 0.25) is 0 Å². The quantitative estimate of drug-likeness (QED) is 0.544. The highest BCUT2D eigenvalue weighted by molar-refractivity contribution is 4.71. The summed E-state index contributed by atoms with van der Waals surface area (Å²) in [6.07, 6.45) is 6.31. The average Bonchev–Trinajstić information content (AvgIpc) is 1.82. The molecule has 0 N–H and O–H groups in total. The molecule has 9 heavy (non-hydrogen) atoms. The molecule has 0 aliphatic carbocycles. The molecule has 0 saturated carbocycles. The summed E-state index contributed by atoms with van der Waals surface area (Å²) in [5.74, 6) is 1.57. The van der Waals surface area contributed by atoms with Crippen LogP contribution in [0.15, 0.2) is 6.08 Å². The molecular formula is C9H17. The maximum atomic E-state index is 3.20. The zero-order chi connectivity index (χ0) is 7.28. The van der Waals surface area contributed by atoms with Crippen molar-refractivity contribution in [2.45, 2.75) is 34.1 Å². The van der Waals surface area contributed by atoms with E-state index in [2.05, 4.69) is 26.8 Å². The normalized spacial score (nSPS) is 15.2. The van der Waals surface area contributed by atoms with Crippen LogP contribution in [-0.4, -0.2) is 0 Å². The van der Waals surface area contributed by atoms with Gasteiger partial charge in [-0.3, -0.25) is 0 Å². The van der Waals surface area contributed by atoms with E-state index in [-0.39, 0.29) is 0 Å². The number of rotatable bonds is 3. The van der Waals surface area contributed by atoms with Crippen molar-refractivity contribution in [3.63, 3.8) is 0 Å². The Balaban J connectivity index is 3.38. The fourth-order valence-corrected chi connectivity index (χ4v) is 0.539. The van der Waals surface area contributed by atoms with Crippen LogP contribution >= 0.6 is 0 Å². The lowest BCUT2D eigenvalue weighted by atomic mass is 9.95. The van der Waals surface area contributed by atoms with E-state index in [4.69, 9.17) is 0 Å². The molecule has 0 heteroatoms. The molecule has 0 aliphatic rings. The number of hydrogen-bond acceptors (Lipinski definition) is 0. The van der Waals surface area contributed by atoms with Crippen molar-refractivity contribution in [3.05, 3.63) is 12.2 Å². The zero-order valence-electron chi connectivity index (χ0n) is 6.94. The zero-order valence-corrected chi connectivity index (χ0v) is 6.94. The lowest BCUT2D eigenvalue weighted by molar-refractivity contribution is 0.420. The molecule has 0 aromatic heterocycles. The maximum Gasteiger partial charge on any atom is -0.0251 e. The van der Waals surface area contributed by atoms with E-state index in [0.717, 1.165) is 18.3 Å². The molecule has 1 radical (unpaired) electrons. The van der Waals surface area contributed by atoms with Gasteiger partial charge in [0, 0.05) is 0 Å². The van der Waals surface area contributed by atoms with E-state index in [0.29, 0.717) is 0 Å². The van der Waals surface area contributed by atoms with Gasteiger partial charge in [0.25, 0.3) is 0 Å². The Labute approximate surface area is 59.0 Å². The van der Waals surface area contributed by atoms with Gasteiger partial charge in [-0.2, -0.15) is 0 Å². The minimum absolute atomic E-state index is 0.779. The van der Waals surface area contributed by atoms with Crippen LogP contribution in [0.4, 0.5) is 0 Å². The monoisotopic (exact) mass is 125 g/mol. The SMILES string of the molecule is C/C=[C]/CC(C)C(C)C. The van der Waals surface area contributed by atoms with Gasteiger partial charge in [0.05, 0.1) is 0 Å². The largest absolute Gasteiger partial charge is 0.0842 e. The van der Waals surface area contributed by atoms with E-state index >= 15 is 0 Å². The van der Waals surface area contributed by atoms with Crippen LogP contribution in [-0.2, 0) is 0 Å². The molecule has 1 atom stereocenters. The minimum Gasteiger partial charge on any atom is -0.0842 e. The van der Waals surface area contributed by atoms with Gasteiger partial charge in [-0.05, 0) is 31.3 Å². The molecule has 53 valence electrons. The Kier molecular flexibility index (Phi) is 4.47. The molecule has 0 aliphatic heterocycles. The Hall–Kier alpha value is -0.260. The fourth-order valence-electron chi connectivity index (χ4n) is 0.539. The Morgan fingerprint density at radius 2 is 1.89 bits per heavy atom. The van der Waals surface area contributed by atoms with Gasteiger partial charge >= 0.3 is 0 Å². The molecule has 0 saturated heterocycles. The molecule has 0 heterocycles. The van der Waals surface area contributed by atoms with Crippen molar-refractivity contribution in [2.24, 2.45) is 11.8 Å². The topological polar surface area (TPSA) is 0 Å². The van der Waals surface area contributed by atoms with Crippen molar-refractivity contribution in [1.29, 1.82) is 0 Å². The highest BCUT2D eigenvalue weighted by Crippen LogP contribution is 2.13. The first-order chi connectivity index (χ1) is 4.18. The van der Waals surface area contributed by atoms with E-state index in [1.807, 2.05) is 13.0 Å². The molecule has 0 amide bonds. The predicted octanol–water partition coefficient (Wildman–Crippen LogP) is 3.05. The predicted molar refractivity (Wildman–Crippen MR) is 42.1 cm³/mol. The van der Waals surface area contributed by atoms with Crippen molar-refractivity contribution < 1.29 is 0 Å². The molecule has 0 aromatic rings. The summed E-state index contributed by atoms with van der Waals surface area (Å²) in [5, 5.41) is 0. The first-order valence-corrected chi connectivity index (χ1v) is 3.69. The van der Waals surface area contributed by atoms with E-state index < -0.39 is 0 Å². The third-order valence-corrected chi connectivity index (χ3v) is 1.78. The minimum atomic E-state index is 0.779. The van der Waals surface area contributed by atoms with Gasteiger partial charge in [0.1, 0.15) is 0 Å². The van der Waals surface area contributed by atoms with Crippen LogP contribution in [0.3, 0.4) is 0 Å². The summed E-state index contributed by atoms with van der Waals surface area (Å²) in [6.45, 7) is 8.79. The Morgan fingerprint density at radius 3 is 2.22 bits per heavy atom. The van der Waals surface area contributed by atoms with Gasteiger partial charge in [0.2, 0.25) is 0 Å².